The van der Waals surface area contributed by atoms with Crippen molar-refractivity contribution in [1.82, 2.24) is 10.2 Å². The molecule has 0 aliphatic heterocycles. The summed E-state index contributed by atoms with van der Waals surface area (Å²) < 4.78 is 0.853. The number of halogens is 4. The van der Waals surface area contributed by atoms with E-state index in [-0.39, 0.29) is 10.3 Å². The molecule has 0 spiro atoms. The molecule has 0 saturated carbocycles. The SMILES string of the molecule is Clc1ccc(Br)c(Nc2cc(Cl)nnc2Cl)c1. The molecule has 2 rings (SSSR count). The lowest BCUT2D eigenvalue weighted by Gasteiger charge is -2.09. The topological polar surface area (TPSA) is 37.8 Å². The van der Waals surface area contributed by atoms with Crippen LogP contribution in [-0.2, 0) is 0 Å². The fourth-order valence-corrected chi connectivity index (χ4v) is 1.98. The van der Waals surface area contributed by atoms with Gasteiger partial charge in [0, 0.05) is 15.6 Å². The number of hydrogen-bond donors (Lipinski definition) is 1. The van der Waals surface area contributed by atoms with Gasteiger partial charge in [0.2, 0.25) is 0 Å². The van der Waals surface area contributed by atoms with Crippen molar-refractivity contribution >= 4 is 62.1 Å². The zero-order valence-corrected chi connectivity index (χ0v) is 12.1. The van der Waals surface area contributed by atoms with E-state index in [4.69, 9.17) is 34.8 Å². The molecule has 0 amide bonds. The molecule has 3 nitrogen and oxygen atoms in total. The van der Waals surface area contributed by atoms with Gasteiger partial charge in [-0.05, 0) is 34.1 Å². The maximum absolute atomic E-state index is 5.91. The lowest BCUT2D eigenvalue weighted by atomic mass is 10.3. The summed E-state index contributed by atoms with van der Waals surface area (Å²) in [5.41, 5.74) is 1.33. The van der Waals surface area contributed by atoms with Crippen LogP contribution in [0.4, 0.5) is 11.4 Å². The number of benzene rings is 1. The predicted molar refractivity (Wildman–Crippen MR) is 74.5 cm³/mol. The number of hydrogen-bond acceptors (Lipinski definition) is 3. The summed E-state index contributed by atoms with van der Waals surface area (Å²) in [6.07, 6.45) is 0. The third kappa shape index (κ3) is 3.22. The fourth-order valence-electron chi connectivity index (χ4n) is 1.18. The Balaban J connectivity index is 2.37. The third-order valence-corrected chi connectivity index (χ3v) is 3.31. The summed E-state index contributed by atoms with van der Waals surface area (Å²) in [5.74, 6) is 0. The average molecular weight is 353 g/mol. The maximum atomic E-state index is 5.91. The van der Waals surface area contributed by atoms with Gasteiger partial charge in [-0.2, -0.15) is 0 Å². The monoisotopic (exact) mass is 351 g/mol. The summed E-state index contributed by atoms with van der Waals surface area (Å²) in [6, 6.07) is 6.95. The molecule has 0 radical (unpaired) electrons. The minimum absolute atomic E-state index is 0.237. The first-order valence-corrected chi connectivity index (χ1v) is 6.40. The molecular formula is C10H5BrCl3N3. The molecule has 0 atom stereocenters. The first-order valence-electron chi connectivity index (χ1n) is 4.47. The molecule has 17 heavy (non-hydrogen) atoms. The minimum Gasteiger partial charge on any atom is -0.352 e. The van der Waals surface area contributed by atoms with Crippen LogP contribution in [0.25, 0.3) is 0 Å². The average Bonchev–Trinajstić information content (AvgIpc) is 2.28. The second-order valence-corrected chi connectivity index (χ2v) is 5.16. The lowest BCUT2D eigenvalue weighted by molar-refractivity contribution is 1.03. The lowest BCUT2D eigenvalue weighted by Crippen LogP contribution is -1.95. The normalized spacial score (nSPS) is 10.4. The minimum atomic E-state index is 0.237. The Morgan fingerprint density at radius 1 is 1.00 bits per heavy atom. The van der Waals surface area contributed by atoms with E-state index in [1.165, 1.54) is 0 Å². The van der Waals surface area contributed by atoms with Crippen LogP contribution < -0.4 is 5.32 Å². The van der Waals surface area contributed by atoms with Crippen molar-refractivity contribution in [3.8, 4) is 0 Å². The van der Waals surface area contributed by atoms with Gasteiger partial charge in [0.25, 0.3) is 0 Å². The van der Waals surface area contributed by atoms with Gasteiger partial charge < -0.3 is 5.32 Å². The van der Waals surface area contributed by atoms with Crippen molar-refractivity contribution in [2.45, 2.75) is 0 Å². The predicted octanol–water partition coefficient (Wildman–Crippen LogP) is 4.94. The van der Waals surface area contributed by atoms with Crippen LogP contribution in [0.1, 0.15) is 0 Å². The standard InChI is InChI=1S/C10H5BrCl3N3/c11-6-2-1-5(12)3-7(6)15-8-4-9(13)16-17-10(8)14/h1-4H,(H,15,16). The fraction of sp³-hybridized carbons (Fsp3) is 0. The molecule has 0 aliphatic carbocycles. The number of nitrogens with zero attached hydrogens (tertiary/aromatic N) is 2. The Bertz CT molecular complexity index is 513. The van der Waals surface area contributed by atoms with Crippen LogP contribution in [0, 0.1) is 0 Å². The van der Waals surface area contributed by atoms with E-state index in [1.807, 2.05) is 6.07 Å². The van der Waals surface area contributed by atoms with Gasteiger partial charge in [-0.15, -0.1) is 10.2 Å². The van der Waals surface area contributed by atoms with Crippen molar-refractivity contribution in [3.63, 3.8) is 0 Å². The molecular weight excluding hydrogens is 348 g/mol. The largest absolute Gasteiger partial charge is 0.352 e. The highest BCUT2D eigenvalue weighted by Crippen LogP contribution is 2.31. The zero-order chi connectivity index (χ0) is 12.4. The van der Waals surface area contributed by atoms with Gasteiger partial charge in [0.15, 0.2) is 10.3 Å². The molecule has 0 aliphatic rings. The highest BCUT2D eigenvalue weighted by Gasteiger charge is 2.07. The number of rotatable bonds is 2. The Hall–Kier alpha value is -0.550. The molecule has 1 aromatic heterocycles. The third-order valence-electron chi connectivity index (χ3n) is 1.92. The summed E-state index contributed by atoms with van der Waals surface area (Å²) in [4.78, 5) is 0. The smallest absolute Gasteiger partial charge is 0.175 e. The molecule has 1 N–H and O–H groups in total. The molecule has 0 unspecified atom stereocenters. The van der Waals surface area contributed by atoms with Gasteiger partial charge in [0.1, 0.15) is 0 Å². The molecule has 0 saturated heterocycles. The highest BCUT2D eigenvalue weighted by atomic mass is 79.9. The summed E-state index contributed by atoms with van der Waals surface area (Å²) in [7, 11) is 0. The molecule has 2 aromatic rings. The number of nitrogens with one attached hydrogen (secondary N) is 1. The number of aromatic nitrogens is 2. The second kappa shape index (κ2) is 5.40. The zero-order valence-electron chi connectivity index (χ0n) is 8.22. The van der Waals surface area contributed by atoms with E-state index in [2.05, 4.69) is 31.4 Å². The summed E-state index contributed by atoms with van der Waals surface area (Å²) in [6.45, 7) is 0. The molecule has 0 bridgehead atoms. The first kappa shape index (κ1) is 12.9. The quantitative estimate of drug-likeness (QED) is 0.831. The van der Waals surface area contributed by atoms with E-state index in [9.17, 15) is 0 Å². The van der Waals surface area contributed by atoms with Gasteiger partial charge in [-0.25, -0.2) is 0 Å². The van der Waals surface area contributed by atoms with Crippen molar-refractivity contribution in [2.75, 3.05) is 5.32 Å². The summed E-state index contributed by atoms with van der Waals surface area (Å²) in [5, 5.41) is 11.5. The van der Waals surface area contributed by atoms with Crippen molar-refractivity contribution in [1.29, 1.82) is 0 Å². The van der Waals surface area contributed by atoms with Crippen LogP contribution >= 0.6 is 50.7 Å². The van der Waals surface area contributed by atoms with E-state index in [0.717, 1.165) is 10.2 Å². The van der Waals surface area contributed by atoms with Gasteiger partial charge >= 0.3 is 0 Å². The van der Waals surface area contributed by atoms with Crippen molar-refractivity contribution in [2.24, 2.45) is 0 Å². The van der Waals surface area contributed by atoms with Crippen LogP contribution in [0.3, 0.4) is 0 Å². The number of anilines is 2. The van der Waals surface area contributed by atoms with E-state index >= 15 is 0 Å². The Labute approximate surface area is 121 Å². The van der Waals surface area contributed by atoms with Gasteiger partial charge in [0.05, 0.1) is 11.4 Å². The van der Waals surface area contributed by atoms with E-state index in [0.29, 0.717) is 10.7 Å². The highest BCUT2D eigenvalue weighted by molar-refractivity contribution is 9.10. The van der Waals surface area contributed by atoms with Crippen molar-refractivity contribution < 1.29 is 0 Å². The molecule has 0 fully saturated rings. The van der Waals surface area contributed by atoms with Crippen molar-refractivity contribution in [3.05, 3.63) is 44.1 Å². The van der Waals surface area contributed by atoms with Crippen LogP contribution in [0.2, 0.25) is 15.3 Å². The summed E-state index contributed by atoms with van der Waals surface area (Å²) >= 11 is 20.9. The Morgan fingerprint density at radius 2 is 1.76 bits per heavy atom. The van der Waals surface area contributed by atoms with Gasteiger partial charge in [-0.1, -0.05) is 34.8 Å². The molecule has 88 valence electrons. The molecule has 1 heterocycles. The Morgan fingerprint density at radius 3 is 2.53 bits per heavy atom. The van der Waals surface area contributed by atoms with Gasteiger partial charge in [-0.3, -0.25) is 0 Å². The van der Waals surface area contributed by atoms with Crippen LogP contribution in [-0.4, -0.2) is 10.2 Å². The molecule has 1 aromatic carbocycles. The van der Waals surface area contributed by atoms with Crippen LogP contribution in [0.5, 0.6) is 0 Å². The second-order valence-electron chi connectivity index (χ2n) is 3.12. The maximum Gasteiger partial charge on any atom is 0.175 e. The van der Waals surface area contributed by atoms with E-state index < -0.39 is 0 Å². The molecule has 7 heteroatoms. The van der Waals surface area contributed by atoms with Crippen LogP contribution in [0.15, 0.2) is 28.7 Å². The van der Waals surface area contributed by atoms with E-state index in [1.54, 1.807) is 18.2 Å². The Kier molecular flexibility index (Phi) is 4.09. The first-order chi connectivity index (χ1) is 8.06.